The summed E-state index contributed by atoms with van der Waals surface area (Å²) in [5, 5.41) is 23.2. The van der Waals surface area contributed by atoms with Gasteiger partial charge in [0.25, 0.3) is 5.91 Å². The lowest BCUT2D eigenvalue weighted by molar-refractivity contribution is -0.118. The number of likely N-dealkylation sites (N-methyl/N-ethyl adjacent to an activating group) is 1. The number of hydrogen-bond donors (Lipinski definition) is 4. The number of ether oxygens (including phenoxy) is 1. The minimum Gasteiger partial charge on any atom is -0.493 e. The van der Waals surface area contributed by atoms with Gasteiger partial charge >= 0.3 is 0 Å². The molecule has 0 fully saturated rings. The molecule has 0 aliphatic heterocycles. The number of aromatic nitrogens is 1. The van der Waals surface area contributed by atoms with Gasteiger partial charge in [-0.1, -0.05) is 36.4 Å². The molecule has 4 N–H and O–H groups in total. The molecule has 1 aromatic carbocycles. The summed E-state index contributed by atoms with van der Waals surface area (Å²) in [7, 11) is 1.62. The highest BCUT2D eigenvalue weighted by molar-refractivity contribution is 6.14. The molecule has 1 aliphatic carbocycles. The van der Waals surface area contributed by atoms with E-state index >= 15 is 0 Å². The van der Waals surface area contributed by atoms with Crippen LogP contribution in [0.25, 0.3) is 0 Å². The van der Waals surface area contributed by atoms with Crippen molar-refractivity contribution in [3.8, 4) is 5.88 Å². The third kappa shape index (κ3) is 5.32. The van der Waals surface area contributed by atoms with Crippen molar-refractivity contribution in [3.63, 3.8) is 0 Å². The second-order valence-corrected chi connectivity index (χ2v) is 6.28. The number of carbonyl (C=O) groups is 1. The Balaban J connectivity index is 1.73. The SMILES string of the molecule is CN/C(C(=O)NCc1cccc(O)n1)=C1/C=C(OCc2ccccc2)C=CC1=N. The predicted molar refractivity (Wildman–Crippen MR) is 110 cm³/mol. The maximum absolute atomic E-state index is 12.7. The largest absolute Gasteiger partial charge is 0.493 e. The number of nitrogens with zero attached hydrogens (tertiary/aromatic N) is 1. The molecule has 1 heterocycles. The predicted octanol–water partition coefficient (Wildman–Crippen LogP) is 2.57. The molecule has 7 heteroatoms. The fourth-order valence-electron chi connectivity index (χ4n) is 2.76. The average molecular weight is 390 g/mol. The Hall–Kier alpha value is -3.87. The van der Waals surface area contributed by atoms with Crippen LogP contribution in [0.4, 0.5) is 0 Å². The Morgan fingerprint density at radius 3 is 2.66 bits per heavy atom. The van der Waals surface area contributed by atoms with Gasteiger partial charge in [0.1, 0.15) is 18.1 Å². The Labute approximate surface area is 169 Å². The highest BCUT2D eigenvalue weighted by Gasteiger charge is 2.18. The van der Waals surface area contributed by atoms with E-state index in [-0.39, 0.29) is 29.7 Å². The number of amides is 1. The summed E-state index contributed by atoms with van der Waals surface area (Å²) in [5.41, 5.74) is 2.44. The van der Waals surface area contributed by atoms with Gasteiger partial charge in [-0.25, -0.2) is 4.98 Å². The minimum atomic E-state index is -0.383. The van der Waals surface area contributed by atoms with E-state index in [2.05, 4.69) is 15.6 Å². The normalized spacial score (nSPS) is 14.8. The van der Waals surface area contributed by atoms with Crippen LogP contribution in [0.3, 0.4) is 0 Å². The van der Waals surface area contributed by atoms with Gasteiger partial charge in [0.15, 0.2) is 0 Å². The summed E-state index contributed by atoms with van der Waals surface area (Å²) in [4.78, 5) is 16.6. The van der Waals surface area contributed by atoms with Gasteiger partial charge in [0.2, 0.25) is 5.88 Å². The zero-order valence-electron chi connectivity index (χ0n) is 16.0. The van der Waals surface area contributed by atoms with Crippen LogP contribution in [0.1, 0.15) is 11.3 Å². The number of nitrogens with one attached hydrogen (secondary N) is 3. The summed E-state index contributed by atoms with van der Waals surface area (Å²) in [6.07, 6.45) is 4.97. The lowest BCUT2D eigenvalue weighted by Crippen LogP contribution is -2.32. The van der Waals surface area contributed by atoms with Crippen molar-refractivity contribution in [2.75, 3.05) is 7.05 Å². The highest BCUT2D eigenvalue weighted by Crippen LogP contribution is 2.19. The molecule has 148 valence electrons. The molecule has 3 rings (SSSR count). The molecule has 29 heavy (non-hydrogen) atoms. The third-order valence-corrected chi connectivity index (χ3v) is 4.21. The summed E-state index contributed by atoms with van der Waals surface area (Å²) in [6.45, 7) is 0.540. The van der Waals surface area contributed by atoms with E-state index in [1.165, 1.54) is 6.07 Å². The number of aromatic hydroxyl groups is 1. The van der Waals surface area contributed by atoms with Gasteiger partial charge in [-0.05, 0) is 29.9 Å². The third-order valence-electron chi connectivity index (χ3n) is 4.21. The molecule has 1 aliphatic rings. The highest BCUT2D eigenvalue weighted by atomic mass is 16.5. The van der Waals surface area contributed by atoms with Crippen molar-refractivity contribution < 1.29 is 14.6 Å². The molecule has 0 bridgehead atoms. The van der Waals surface area contributed by atoms with Crippen molar-refractivity contribution in [1.82, 2.24) is 15.6 Å². The molecule has 0 radical (unpaired) electrons. The first-order chi connectivity index (χ1) is 14.1. The zero-order valence-corrected chi connectivity index (χ0v) is 16.0. The summed E-state index contributed by atoms with van der Waals surface area (Å²) in [5.74, 6) is 0.0766. The van der Waals surface area contributed by atoms with E-state index in [0.29, 0.717) is 23.6 Å². The number of allylic oxidation sites excluding steroid dienone is 4. The molecule has 2 aromatic rings. The maximum atomic E-state index is 12.7. The molecule has 0 spiro atoms. The average Bonchev–Trinajstić information content (AvgIpc) is 2.74. The van der Waals surface area contributed by atoms with E-state index < -0.39 is 0 Å². The van der Waals surface area contributed by atoms with Gasteiger partial charge in [0, 0.05) is 18.7 Å². The standard InChI is InChI=1S/C22H22N4O3/c1-24-21(22(28)25-13-16-8-5-9-20(27)26-16)18-12-17(10-11-19(18)23)29-14-15-6-3-2-4-7-15/h2-12,23-24H,13-14H2,1H3,(H,25,28)(H,26,27)/b21-18-,23-19?. The quantitative estimate of drug-likeness (QED) is 0.544. The van der Waals surface area contributed by atoms with E-state index in [4.69, 9.17) is 10.1 Å². The monoisotopic (exact) mass is 390 g/mol. The van der Waals surface area contributed by atoms with E-state index in [0.717, 1.165) is 5.56 Å². The molecular formula is C22H22N4O3. The van der Waals surface area contributed by atoms with Crippen molar-refractivity contribution in [2.45, 2.75) is 13.2 Å². The lowest BCUT2D eigenvalue weighted by Gasteiger charge is -2.17. The van der Waals surface area contributed by atoms with Gasteiger partial charge in [0.05, 0.1) is 18.0 Å². The van der Waals surface area contributed by atoms with Crippen LogP contribution in [0.15, 0.2) is 83.8 Å². The van der Waals surface area contributed by atoms with E-state index in [1.807, 2.05) is 30.3 Å². The topological polar surface area (TPSA) is 107 Å². The Morgan fingerprint density at radius 2 is 1.93 bits per heavy atom. The van der Waals surface area contributed by atoms with Crippen LogP contribution in [0.2, 0.25) is 0 Å². The van der Waals surface area contributed by atoms with Gasteiger partial charge in [-0.15, -0.1) is 0 Å². The number of rotatable bonds is 7. The molecule has 0 saturated carbocycles. The fourth-order valence-corrected chi connectivity index (χ4v) is 2.76. The fraction of sp³-hybridized carbons (Fsp3) is 0.136. The van der Waals surface area contributed by atoms with Crippen LogP contribution in [-0.4, -0.2) is 28.8 Å². The maximum Gasteiger partial charge on any atom is 0.268 e. The van der Waals surface area contributed by atoms with E-state index in [1.54, 1.807) is 37.4 Å². The second-order valence-electron chi connectivity index (χ2n) is 6.28. The summed E-state index contributed by atoms with van der Waals surface area (Å²) >= 11 is 0. The number of hydrogen-bond acceptors (Lipinski definition) is 6. The molecule has 7 nitrogen and oxygen atoms in total. The van der Waals surface area contributed by atoms with Crippen LogP contribution in [0.5, 0.6) is 5.88 Å². The van der Waals surface area contributed by atoms with Gasteiger partial charge in [-0.3, -0.25) is 4.79 Å². The molecule has 1 amide bonds. The Kier molecular flexibility index (Phi) is 6.42. The number of benzene rings is 1. The zero-order chi connectivity index (χ0) is 20.6. The first kappa shape index (κ1) is 19.9. The van der Waals surface area contributed by atoms with Crippen LogP contribution in [0, 0.1) is 5.41 Å². The Morgan fingerprint density at radius 1 is 1.14 bits per heavy atom. The molecule has 0 unspecified atom stereocenters. The molecular weight excluding hydrogens is 368 g/mol. The Bertz CT molecular complexity index is 994. The van der Waals surface area contributed by atoms with Gasteiger partial charge < -0.3 is 25.9 Å². The number of carbonyl (C=O) groups excluding carboxylic acids is 1. The van der Waals surface area contributed by atoms with Crippen molar-refractivity contribution >= 4 is 11.6 Å². The summed E-state index contributed by atoms with van der Waals surface area (Å²) in [6, 6.07) is 14.6. The molecule has 0 saturated heterocycles. The summed E-state index contributed by atoms with van der Waals surface area (Å²) < 4.78 is 5.81. The van der Waals surface area contributed by atoms with Crippen LogP contribution >= 0.6 is 0 Å². The first-order valence-electron chi connectivity index (χ1n) is 9.07. The van der Waals surface area contributed by atoms with Crippen LogP contribution < -0.4 is 10.6 Å². The number of pyridine rings is 1. The first-order valence-corrected chi connectivity index (χ1v) is 9.07. The van der Waals surface area contributed by atoms with Crippen LogP contribution in [-0.2, 0) is 22.7 Å². The molecule has 1 aromatic heterocycles. The molecule has 0 atom stereocenters. The minimum absolute atomic E-state index is 0.105. The van der Waals surface area contributed by atoms with Crippen molar-refractivity contribution in [1.29, 1.82) is 5.41 Å². The second kappa shape index (κ2) is 9.36. The van der Waals surface area contributed by atoms with E-state index in [9.17, 15) is 9.90 Å². The lowest BCUT2D eigenvalue weighted by atomic mass is 10.0. The van der Waals surface area contributed by atoms with Crippen molar-refractivity contribution in [2.24, 2.45) is 0 Å². The van der Waals surface area contributed by atoms with Crippen molar-refractivity contribution in [3.05, 3.63) is 95.0 Å². The smallest absolute Gasteiger partial charge is 0.268 e. The van der Waals surface area contributed by atoms with Gasteiger partial charge in [-0.2, -0.15) is 0 Å².